The van der Waals surface area contributed by atoms with Crippen LogP contribution >= 0.6 is 11.3 Å². The van der Waals surface area contributed by atoms with E-state index in [2.05, 4.69) is 24.4 Å². The van der Waals surface area contributed by atoms with Crippen molar-refractivity contribution in [1.29, 1.82) is 0 Å². The Morgan fingerprint density at radius 1 is 1.19 bits per heavy atom. The highest BCUT2D eigenvalue weighted by molar-refractivity contribution is 7.10. The predicted octanol–water partition coefficient (Wildman–Crippen LogP) is 3.84. The molecule has 3 atom stereocenters. The normalized spacial score (nSPS) is 20.9. The van der Waals surface area contributed by atoms with Crippen molar-refractivity contribution >= 4 is 23.2 Å². The minimum absolute atomic E-state index is 0.0684. The summed E-state index contributed by atoms with van der Waals surface area (Å²) in [6, 6.07) is 14.4. The first-order valence-electron chi connectivity index (χ1n) is 9.72. The van der Waals surface area contributed by atoms with E-state index in [0.29, 0.717) is 19.5 Å². The monoisotopic (exact) mass is 384 g/mol. The van der Waals surface area contributed by atoms with Crippen LogP contribution < -0.4 is 5.32 Å². The van der Waals surface area contributed by atoms with Gasteiger partial charge in [-0.3, -0.25) is 9.59 Å². The lowest BCUT2D eigenvalue weighted by Crippen LogP contribution is -2.49. The number of nitrogens with one attached hydrogen (secondary N) is 1. The van der Waals surface area contributed by atoms with Gasteiger partial charge in [0.2, 0.25) is 11.8 Å². The summed E-state index contributed by atoms with van der Waals surface area (Å²) in [6.07, 6.45) is 2.11. The van der Waals surface area contributed by atoms with Gasteiger partial charge in [0, 0.05) is 29.9 Å². The van der Waals surface area contributed by atoms with Gasteiger partial charge in [-0.05, 0) is 36.8 Å². The number of nitrogens with zero attached hydrogens (tertiary/aromatic N) is 1. The lowest BCUT2D eigenvalue weighted by molar-refractivity contribution is -0.135. The highest BCUT2D eigenvalue weighted by atomic mass is 32.1. The Labute approximate surface area is 165 Å². The Morgan fingerprint density at radius 2 is 1.96 bits per heavy atom. The Hall–Kier alpha value is -2.14. The van der Waals surface area contributed by atoms with Crippen LogP contribution in [0.4, 0.5) is 0 Å². The number of carbonyl (C=O) groups is 2. The molecule has 2 heterocycles. The number of piperidine rings is 1. The highest BCUT2D eigenvalue weighted by Crippen LogP contribution is 2.31. The zero-order valence-electron chi connectivity index (χ0n) is 16.1. The van der Waals surface area contributed by atoms with Crippen molar-refractivity contribution in [3.8, 4) is 0 Å². The molecule has 1 aliphatic heterocycles. The molecule has 3 unspecified atom stereocenters. The third-order valence-corrected chi connectivity index (χ3v) is 6.23. The van der Waals surface area contributed by atoms with E-state index in [1.165, 1.54) is 5.56 Å². The van der Waals surface area contributed by atoms with Gasteiger partial charge in [-0.25, -0.2) is 0 Å². The van der Waals surface area contributed by atoms with E-state index in [1.807, 2.05) is 47.5 Å². The minimum atomic E-state index is -0.162. The number of rotatable bonds is 6. The van der Waals surface area contributed by atoms with Crippen molar-refractivity contribution in [2.75, 3.05) is 13.1 Å². The van der Waals surface area contributed by atoms with Gasteiger partial charge in [-0.15, -0.1) is 11.3 Å². The molecule has 144 valence electrons. The molecule has 1 fully saturated rings. The van der Waals surface area contributed by atoms with Crippen molar-refractivity contribution in [2.45, 2.75) is 45.1 Å². The number of carbonyl (C=O) groups excluding carboxylic acids is 2. The second-order valence-corrected chi connectivity index (χ2v) is 8.45. The number of likely N-dealkylation sites (tertiary alicyclic amines) is 1. The molecule has 27 heavy (non-hydrogen) atoms. The molecule has 1 aliphatic rings. The predicted molar refractivity (Wildman–Crippen MR) is 110 cm³/mol. The van der Waals surface area contributed by atoms with Crippen LogP contribution in [0.25, 0.3) is 0 Å². The second-order valence-electron chi connectivity index (χ2n) is 7.41. The second kappa shape index (κ2) is 9.18. The van der Waals surface area contributed by atoms with Gasteiger partial charge >= 0.3 is 0 Å². The number of benzene rings is 1. The van der Waals surface area contributed by atoms with Gasteiger partial charge in [0.25, 0.3) is 0 Å². The van der Waals surface area contributed by atoms with Gasteiger partial charge in [-0.1, -0.05) is 43.3 Å². The largest absolute Gasteiger partial charge is 0.353 e. The van der Waals surface area contributed by atoms with E-state index in [0.717, 1.165) is 17.7 Å². The van der Waals surface area contributed by atoms with Crippen molar-refractivity contribution in [3.05, 3.63) is 58.3 Å². The van der Waals surface area contributed by atoms with Crippen molar-refractivity contribution < 1.29 is 9.59 Å². The molecule has 2 amide bonds. The Balaban J connectivity index is 1.76. The summed E-state index contributed by atoms with van der Waals surface area (Å²) in [6.45, 7) is 5.28. The van der Waals surface area contributed by atoms with Crippen molar-refractivity contribution in [1.82, 2.24) is 10.2 Å². The van der Waals surface area contributed by atoms with Gasteiger partial charge < -0.3 is 10.2 Å². The molecule has 1 aromatic heterocycles. The molecular formula is C22H28N2O2S. The van der Waals surface area contributed by atoms with Crippen LogP contribution in [0.1, 0.15) is 43.0 Å². The zero-order valence-corrected chi connectivity index (χ0v) is 16.9. The molecule has 0 spiro atoms. The Bertz CT molecular complexity index is 745. The molecule has 0 saturated carbocycles. The van der Waals surface area contributed by atoms with Gasteiger partial charge in [-0.2, -0.15) is 0 Å². The Morgan fingerprint density at radius 3 is 2.63 bits per heavy atom. The molecule has 1 N–H and O–H groups in total. The topological polar surface area (TPSA) is 49.4 Å². The maximum Gasteiger partial charge on any atom is 0.227 e. The molecule has 0 radical (unpaired) electrons. The van der Waals surface area contributed by atoms with E-state index in [4.69, 9.17) is 0 Å². The van der Waals surface area contributed by atoms with E-state index < -0.39 is 0 Å². The molecule has 2 aromatic rings. The molecule has 0 bridgehead atoms. The first-order chi connectivity index (χ1) is 13.1. The fourth-order valence-corrected chi connectivity index (χ4v) is 4.29. The van der Waals surface area contributed by atoms with Crippen LogP contribution in [-0.2, 0) is 16.0 Å². The minimum Gasteiger partial charge on any atom is -0.353 e. The van der Waals surface area contributed by atoms with E-state index in [-0.39, 0.29) is 29.7 Å². The molecule has 1 aromatic carbocycles. The summed E-state index contributed by atoms with van der Waals surface area (Å²) in [5.41, 5.74) is 1.20. The van der Waals surface area contributed by atoms with Crippen molar-refractivity contribution in [3.63, 3.8) is 0 Å². The SMILES string of the molecule is CCC(C)NC(=O)C1CC(c2ccccc2)CN(C(=O)Cc2cccs2)C1. The summed E-state index contributed by atoms with van der Waals surface area (Å²) in [5, 5.41) is 5.10. The van der Waals surface area contributed by atoms with Crippen LogP contribution in [0.2, 0.25) is 0 Å². The number of hydrogen-bond acceptors (Lipinski definition) is 3. The lowest BCUT2D eigenvalue weighted by atomic mass is 9.83. The molecule has 3 rings (SSSR count). The van der Waals surface area contributed by atoms with Gasteiger partial charge in [0.1, 0.15) is 0 Å². The summed E-state index contributed by atoms with van der Waals surface area (Å²) >= 11 is 1.60. The zero-order chi connectivity index (χ0) is 19.2. The van der Waals surface area contributed by atoms with Crippen LogP contribution in [0.15, 0.2) is 47.8 Å². The Kier molecular flexibility index (Phi) is 6.67. The third-order valence-electron chi connectivity index (χ3n) is 5.35. The first kappa shape index (κ1) is 19.6. The molecule has 0 aliphatic carbocycles. The van der Waals surface area contributed by atoms with Crippen LogP contribution in [-0.4, -0.2) is 35.8 Å². The van der Waals surface area contributed by atoms with Crippen LogP contribution in [0, 0.1) is 5.92 Å². The quantitative estimate of drug-likeness (QED) is 0.823. The maximum atomic E-state index is 12.9. The average molecular weight is 385 g/mol. The van der Waals surface area contributed by atoms with E-state index >= 15 is 0 Å². The van der Waals surface area contributed by atoms with Gasteiger partial charge in [0.15, 0.2) is 0 Å². The summed E-state index contributed by atoms with van der Waals surface area (Å²) in [4.78, 5) is 28.6. The average Bonchev–Trinajstić information content (AvgIpc) is 3.21. The summed E-state index contributed by atoms with van der Waals surface area (Å²) in [5.74, 6) is 0.212. The van der Waals surface area contributed by atoms with Crippen LogP contribution in [0.5, 0.6) is 0 Å². The summed E-state index contributed by atoms with van der Waals surface area (Å²) in [7, 11) is 0. The fourth-order valence-electron chi connectivity index (χ4n) is 3.60. The van der Waals surface area contributed by atoms with E-state index in [9.17, 15) is 9.59 Å². The number of amides is 2. The van der Waals surface area contributed by atoms with E-state index in [1.54, 1.807) is 11.3 Å². The summed E-state index contributed by atoms with van der Waals surface area (Å²) < 4.78 is 0. The third kappa shape index (κ3) is 5.19. The smallest absolute Gasteiger partial charge is 0.227 e. The maximum absolute atomic E-state index is 12.9. The van der Waals surface area contributed by atoms with Gasteiger partial charge in [0.05, 0.1) is 12.3 Å². The number of thiophene rings is 1. The van der Waals surface area contributed by atoms with Crippen LogP contribution in [0.3, 0.4) is 0 Å². The lowest BCUT2D eigenvalue weighted by Gasteiger charge is -2.38. The van der Waals surface area contributed by atoms with Crippen molar-refractivity contribution in [2.24, 2.45) is 5.92 Å². The molecule has 5 heteroatoms. The highest BCUT2D eigenvalue weighted by Gasteiger charge is 2.34. The fraction of sp³-hybridized carbons (Fsp3) is 0.455. The number of hydrogen-bond donors (Lipinski definition) is 1. The molecule has 4 nitrogen and oxygen atoms in total. The first-order valence-corrected chi connectivity index (χ1v) is 10.6. The molecule has 1 saturated heterocycles. The standard InChI is InChI=1S/C22H28N2O2S/c1-3-16(2)23-22(26)19-12-18(17-8-5-4-6-9-17)14-24(15-19)21(25)13-20-10-7-11-27-20/h4-11,16,18-19H,3,12-15H2,1-2H3,(H,23,26). The molecular weight excluding hydrogens is 356 g/mol.